The smallest absolute Gasteiger partial charge is 0.337 e. The summed E-state index contributed by atoms with van der Waals surface area (Å²) < 4.78 is 4.64. The van der Waals surface area contributed by atoms with Crippen LogP contribution in [0.1, 0.15) is 58.2 Å². The molecule has 9 heteroatoms. The van der Waals surface area contributed by atoms with Crippen LogP contribution in [0.25, 0.3) is 0 Å². The fourth-order valence-electron chi connectivity index (χ4n) is 3.09. The Balaban J connectivity index is 2.10. The second-order valence-electron chi connectivity index (χ2n) is 7.40. The molecule has 2 aromatic rings. The first-order valence-electron chi connectivity index (χ1n) is 9.44. The van der Waals surface area contributed by atoms with E-state index in [4.69, 9.17) is 5.73 Å². The Kier molecular flexibility index (Phi) is 7.23. The molecule has 2 rings (SSSR count). The van der Waals surface area contributed by atoms with E-state index in [2.05, 4.69) is 15.0 Å². The highest BCUT2D eigenvalue weighted by molar-refractivity contribution is 6.05. The second kappa shape index (κ2) is 9.45. The molecule has 162 valence electrons. The first kappa shape index (κ1) is 23.0. The van der Waals surface area contributed by atoms with Crippen molar-refractivity contribution < 1.29 is 29.3 Å². The van der Waals surface area contributed by atoms with Gasteiger partial charge >= 0.3 is 5.97 Å². The number of methoxy groups -OCH3 is 1. The molecular formula is C21H27N3O6. The van der Waals surface area contributed by atoms with E-state index >= 15 is 0 Å². The van der Waals surface area contributed by atoms with E-state index < -0.39 is 35.6 Å². The third-order valence-electron chi connectivity index (χ3n) is 4.88. The van der Waals surface area contributed by atoms with Crippen molar-refractivity contribution in [2.75, 3.05) is 7.11 Å². The summed E-state index contributed by atoms with van der Waals surface area (Å²) in [7, 11) is 1.29. The van der Waals surface area contributed by atoms with Crippen molar-refractivity contribution in [3.8, 4) is 11.8 Å². The molecule has 1 aromatic heterocycles. The van der Waals surface area contributed by atoms with E-state index in [0.717, 1.165) is 0 Å². The molecule has 0 aliphatic carbocycles. The van der Waals surface area contributed by atoms with Gasteiger partial charge in [-0.25, -0.2) is 4.79 Å². The molecule has 0 aliphatic rings. The monoisotopic (exact) mass is 417 g/mol. The quantitative estimate of drug-likeness (QED) is 0.325. The van der Waals surface area contributed by atoms with E-state index in [9.17, 15) is 24.6 Å². The van der Waals surface area contributed by atoms with Crippen LogP contribution in [0.3, 0.4) is 0 Å². The van der Waals surface area contributed by atoms with Gasteiger partial charge in [0.2, 0.25) is 11.8 Å². The van der Waals surface area contributed by atoms with Crippen LogP contribution in [-0.4, -0.2) is 46.0 Å². The summed E-state index contributed by atoms with van der Waals surface area (Å²) in [5.74, 6) is -2.45. The largest absolute Gasteiger partial charge is 0.494 e. The van der Waals surface area contributed by atoms with Gasteiger partial charge in [0, 0.05) is 18.0 Å². The van der Waals surface area contributed by atoms with Gasteiger partial charge in [-0.15, -0.1) is 0 Å². The number of nitrogens with two attached hydrogens (primary N) is 1. The van der Waals surface area contributed by atoms with Gasteiger partial charge in [0.1, 0.15) is 0 Å². The maximum atomic E-state index is 12.9. The number of ether oxygens (including phenoxy) is 1. The molecular weight excluding hydrogens is 390 g/mol. The average Bonchev–Trinajstić information content (AvgIpc) is 2.96. The highest BCUT2D eigenvalue weighted by Gasteiger charge is 2.31. The molecule has 0 spiro atoms. The Bertz CT molecular complexity index is 933. The van der Waals surface area contributed by atoms with Gasteiger partial charge in [-0.1, -0.05) is 26.0 Å². The van der Waals surface area contributed by atoms with Gasteiger partial charge in [-0.05, 0) is 30.5 Å². The zero-order valence-corrected chi connectivity index (χ0v) is 17.4. The van der Waals surface area contributed by atoms with Crippen LogP contribution in [0.2, 0.25) is 0 Å². The van der Waals surface area contributed by atoms with Crippen molar-refractivity contribution in [1.82, 2.24) is 10.3 Å². The predicted octanol–water partition coefficient (Wildman–Crippen LogP) is 1.93. The lowest BCUT2D eigenvalue weighted by atomic mass is 9.93. The number of aromatic nitrogens is 1. The van der Waals surface area contributed by atoms with E-state index in [1.54, 1.807) is 38.1 Å². The summed E-state index contributed by atoms with van der Waals surface area (Å²) in [5, 5.41) is 22.3. The van der Waals surface area contributed by atoms with Gasteiger partial charge in [0.15, 0.2) is 11.7 Å². The maximum Gasteiger partial charge on any atom is 0.337 e. The predicted molar refractivity (Wildman–Crippen MR) is 109 cm³/mol. The number of amides is 1. The molecule has 0 unspecified atom stereocenters. The standard InChI is InChI=1S/C21H27N3O6/c1-10(2)17(18(26)16-11(3)19(27)24-20(16)28)23-15(25)9-14(22)12-5-7-13(8-6-12)21(29)30-4/h5-8,10,14,17,24,27-28H,9,22H2,1-4H3,(H,23,25)/t14-,17-/m0/s1. The van der Waals surface area contributed by atoms with Gasteiger partial charge < -0.3 is 26.0 Å². The fraction of sp³-hybridized carbons (Fsp3) is 0.381. The fourth-order valence-corrected chi connectivity index (χ4v) is 3.09. The normalized spacial score (nSPS) is 13.0. The van der Waals surface area contributed by atoms with Gasteiger partial charge in [-0.3, -0.25) is 14.6 Å². The minimum Gasteiger partial charge on any atom is -0.494 e. The number of hydrogen-bond donors (Lipinski definition) is 5. The summed E-state index contributed by atoms with van der Waals surface area (Å²) in [6.45, 7) is 5.01. The van der Waals surface area contributed by atoms with Gasteiger partial charge in [0.25, 0.3) is 0 Å². The Hall–Kier alpha value is -3.33. The number of ketones is 1. The highest BCUT2D eigenvalue weighted by atomic mass is 16.5. The van der Waals surface area contributed by atoms with Crippen LogP contribution in [0, 0.1) is 12.8 Å². The molecule has 0 aliphatic heterocycles. The van der Waals surface area contributed by atoms with E-state index in [1.165, 1.54) is 14.0 Å². The number of nitrogens with one attached hydrogen (secondary N) is 2. The Morgan fingerprint density at radius 2 is 1.73 bits per heavy atom. The van der Waals surface area contributed by atoms with Crippen molar-refractivity contribution in [3.05, 3.63) is 46.5 Å². The average molecular weight is 417 g/mol. The van der Waals surface area contributed by atoms with Crippen LogP contribution < -0.4 is 11.1 Å². The summed E-state index contributed by atoms with van der Waals surface area (Å²) >= 11 is 0. The molecule has 0 saturated carbocycles. The van der Waals surface area contributed by atoms with Crippen LogP contribution in [-0.2, 0) is 9.53 Å². The molecule has 1 amide bonds. The first-order chi connectivity index (χ1) is 14.1. The molecule has 6 N–H and O–H groups in total. The first-order valence-corrected chi connectivity index (χ1v) is 9.44. The highest BCUT2D eigenvalue weighted by Crippen LogP contribution is 2.30. The molecule has 0 fully saturated rings. The summed E-state index contributed by atoms with van der Waals surface area (Å²) in [6, 6.07) is 4.84. The number of Topliss-reactive ketones (excluding diaryl/α,β-unsaturated/α-hetero) is 1. The molecule has 1 aromatic carbocycles. The maximum absolute atomic E-state index is 12.9. The van der Waals surface area contributed by atoms with Crippen molar-refractivity contribution >= 4 is 17.7 Å². The van der Waals surface area contributed by atoms with Crippen molar-refractivity contribution in [3.63, 3.8) is 0 Å². The number of hydrogen-bond acceptors (Lipinski definition) is 7. The number of aromatic amines is 1. The lowest BCUT2D eigenvalue weighted by molar-refractivity contribution is -0.122. The Labute approximate surface area is 174 Å². The van der Waals surface area contributed by atoms with Crippen LogP contribution >= 0.6 is 0 Å². The van der Waals surface area contributed by atoms with Crippen LogP contribution in [0.4, 0.5) is 0 Å². The minimum atomic E-state index is -0.911. The van der Waals surface area contributed by atoms with E-state index in [-0.39, 0.29) is 29.3 Å². The molecule has 0 bridgehead atoms. The second-order valence-corrected chi connectivity index (χ2v) is 7.40. The summed E-state index contributed by atoms with van der Waals surface area (Å²) in [6.07, 6.45) is -0.0859. The molecule has 2 atom stereocenters. The Morgan fingerprint density at radius 3 is 2.20 bits per heavy atom. The Morgan fingerprint density at radius 1 is 1.13 bits per heavy atom. The van der Waals surface area contributed by atoms with Crippen molar-refractivity contribution in [2.45, 2.75) is 39.3 Å². The van der Waals surface area contributed by atoms with Crippen molar-refractivity contribution in [2.24, 2.45) is 11.7 Å². The van der Waals surface area contributed by atoms with Crippen LogP contribution in [0.15, 0.2) is 24.3 Å². The third-order valence-corrected chi connectivity index (χ3v) is 4.88. The van der Waals surface area contributed by atoms with Crippen LogP contribution in [0.5, 0.6) is 11.8 Å². The zero-order chi connectivity index (χ0) is 22.6. The molecule has 0 radical (unpaired) electrons. The number of carbonyl (C=O) groups excluding carboxylic acids is 3. The number of rotatable bonds is 8. The topological polar surface area (TPSA) is 155 Å². The lowest BCUT2D eigenvalue weighted by Crippen LogP contribution is -2.45. The molecule has 9 nitrogen and oxygen atoms in total. The summed E-state index contributed by atoms with van der Waals surface area (Å²) in [4.78, 5) is 39.2. The SMILES string of the molecule is COC(=O)c1ccc([C@@H](N)CC(=O)N[C@H](C(=O)c2c(O)[nH]c(O)c2C)C(C)C)cc1. The number of H-pyrrole nitrogens is 1. The molecule has 30 heavy (non-hydrogen) atoms. The summed E-state index contributed by atoms with van der Waals surface area (Å²) in [5.41, 5.74) is 7.27. The number of benzene rings is 1. The lowest BCUT2D eigenvalue weighted by Gasteiger charge is -2.22. The number of carbonyl (C=O) groups is 3. The van der Waals surface area contributed by atoms with E-state index in [0.29, 0.717) is 11.1 Å². The number of esters is 1. The van der Waals surface area contributed by atoms with E-state index in [1.807, 2.05) is 0 Å². The third kappa shape index (κ3) is 4.98. The minimum absolute atomic E-state index is 0.0609. The van der Waals surface area contributed by atoms with Gasteiger partial charge in [0.05, 0.1) is 24.3 Å². The number of aromatic hydroxyl groups is 2. The molecule has 0 saturated heterocycles. The van der Waals surface area contributed by atoms with Crippen molar-refractivity contribution in [1.29, 1.82) is 0 Å². The van der Waals surface area contributed by atoms with Gasteiger partial charge in [-0.2, -0.15) is 0 Å². The molecule has 1 heterocycles. The zero-order valence-electron chi connectivity index (χ0n) is 17.4.